The molecule has 2 amide bonds. The first-order valence-corrected chi connectivity index (χ1v) is 9.65. The van der Waals surface area contributed by atoms with Crippen molar-refractivity contribution in [1.29, 1.82) is 0 Å². The first-order valence-electron chi connectivity index (χ1n) is 9.65. The first kappa shape index (κ1) is 17.1. The second-order valence-corrected chi connectivity index (χ2v) is 7.13. The number of hydrogen-bond donors (Lipinski definition) is 1. The van der Waals surface area contributed by atoms with E-state index in [1.54, 1.807) is 0 Å². The molecule has 2 aliphatic rings. The van der Waals surface area contributed by atoms with Gasteiger partial charge in [0.05, 0.1) is 0 Å². The van der Waals surface area contributed by atoms with E-state index in [0.29, 0.717) is 6.04 Å². The van der Waals surface area contributed by atoms with Crippen LogP contribution < -0.4 is 10.2 Å². The van der Waals surface area contributed by atoms with E-state index >= 15 is 0 Å². The Morgan fingerprint density at radius 1 is 1.00 bits per heavy atom. The van der Waals surface area contributed by atoms with E-state index in [2.05, 4.69) is 41.4 Å². The Labute approximate surface area is 146 Å². The van der Waals surface area contributed by atoms with Gasteiger partial charge in [0.2, 0.25) is 0 Å². The van der Waals surface area contributed by atoms with Crippen molar-refractivity contribution in [2.75, 3.05) is 31.1 Å². The highest BCUT2D eigenvalue weighted by Crippen LogP contribution is 2.19. The minimum absolute atomic E-state index is 0.142. The van der Waals surface area contributed by atoms with Gasteiger partial charge in [-0.05, 0) is 37.0 Å². The predicted molar refractivity (Wildman–Crippen MR) is 99.6 cm³/mol. The number of carbonyl (C=O) groups excluding carboxylic acids is 1. The van der Waals surface area contributed by atoms with Crippen LogP contribution in [0.2, 0.25) is 0 Å². The Hall–Kier alpha value is -1.71. The molecular weight excluding hydrogens is 298 g/mol. The first-order chi connectivity index (χ1) is 11.8. The Balaban J connectivity index is 1.47. The summed E-state index contributed by atoms with van der Waals surface area (Å²) < 4.78 is 0. The molecule has 0 unspecified atom stereocenters. The van der Waals surface area contributed by atoms with Crippen LogP contribution in [0.5, 0.6) is 0 Å². The molecule has 1 aliphatic heterocycles. The second kappa shape index (κ2) is 8.41. The van der Waals surface area contributed by atoms with Crippen molar-refractivity contribution in [2.24, 2.45) is 0 Å². The molecule has 0 bridgehead atoms. The minimum atomic E-state index is 0.142. The molecule has 0 spiro atoms. The van der Waals surface area contributed by atoms with Crippen LogP contribution in [0, 0.1) is 0 Å². The van der Waals surface area contributed by atoms with Gasteiger partial charge >= 0.3 is 6.03 Å². The number of piperazine rings is 1. The van der Waals surface area contributed by atoms with Crippen LogP contribution in [-0.2, 0) is 6.42 Å². The summed E-state index contributed by atoms with van der Waals surface area (Å²) >= 11 is 0. The molecule has 0 aromatic heterocycles. The van der Waals surface area contributed by atoms with Crippen molar-refractivity contribution in [3.63, 3.8) is 0 Å². The Morgan fingerprint density at radius 3 is 2.21 bits per heavy atom. The number of nitrogens with one attached hydrogen (secondary N) is 1. The van der Waals surface area contributed by atoms with Crippen LogP contribution in [0.1, 0.15) is 51.0 Å². The molecule has 3 rings (SSSR count). The zero-order chi connectivity index (χ0) is 16.8. The predicted octanol–water partition coefficient (Wildman–Crippen LogP) is 3.80. The average Bonchev–Trinajstić information content (AvgIpc) is 2.90. The third-order valence-corrected chi connectivity index (χ3v) is 5.46. The lowest BCUT2D eigenvalue weighted by atomic mass is 10.1. The molecule has 4 nitrogen and oxygen atoms in total. The van der Waals surface area contributed by atoms with Crippen molar-refractivity contribution < 1.29 is 4.79 Å². The van der Waals surface area contributed by atoms with Gasteiger partial charge in [0, 0.05) is 37.9 Å². The molecule has 1 saturated carbocycles. The summed E-state index contributed by atoms with van der Waals surface area (Å²) in [5.41, 5.74) is 2.65. The smallest absolute Gasteiger partial charge is 0.317 e. The Kier molecular flexibility index (Phi) is 6.00. The van der Waals surface area contributed by atoms with Gasteiger partial charge < -0.3 is 15.1 Å². The number of aryl methyl sites for hydroxylation is 1. The van der Waals surface area contributed by atoms with Crippen LogP contribution in [0.4, 0.5) is 10.5 Å². The van der Waals surface area contributed by atoms with Gasteiger partial charge in [-0.25, -0.2) is 4.79 Å². The van der Waals surface area contributed by atoms with Crippen LogP contribution >= 0.6 is 0 Å². The van der Waals surface area contributed by atoms with Gasteiger partial charge in [-0.15, -0.1) is 0 Å². The largest absolute Gasteiger partial charge is 0.368 e. The lowest BCUT2D eigenvalue weighted by Gasteiger charge is -2.36. The average molecular weight is 329 g/mol. The van der Waals surface area contributed by atoms with Crippen molar-refractivity contribution in [3.05, 3.63) is 29.8 Å². The Morgan fingerprint density at radius 2 is 1.62 bits per heavy atom. The van der Waals surface area contributed by atoms with E-state index in [-0.39, 0.29) is 6.03 Å². The van der Waals surface area contributed by atoms with Gasteiger partial charge in [0.25, 0.3) is 0 Å². The molecule has 1 aromatic carbocycles. The van der Waals surface area contributed by atoms with E-state index in [9.17, 15) is 4.79 Å². The van der Waals surface area contributed by atoms with E-state index in [0.717, 1.165) is 45.4 Å². The minimum Gasteiger partial charge on any atom is -0.368 e. The zero-order valence-electron chi connectivity index (χ0n) is 15.0. The zero-order valence-corrected chi connectivity index (χ0v) is 15.0. The van der Waals surface area contributed by atoms with Crippen LogP contribution in [0.25, 0.3) is 0 Å². The summed E-state index contributed by atoms with van der Waals surface area (Å²) in [6.07, 6.45) is 8.53. The fourth-order valence-corrected chi connectivity index (χ4v) is 3.80. The number of nitrogens with zero attached hydrogens (tertiary/aromatic N) is 2. The lowest BCUT2D eigenvalue weighted by molar-refractivity contribution is 0.189. The number of amides is 2. The van der Waals surface area contributed by atoms with E-state index in [1.165, 1.54) is 36.9 Å². The maximum atomic E-state index is 12.5. The van der Waals surface area contributed by atoms with Gasteiger partial charge in [0.15, 0.2) is 0 Å². The molecule has 0 radical (unpaired) electrons. The molecular formula is C20H31N3O. The summed E-state index contributed by atoms with van der Waals surface area (Å²) in [6, 6.07) is 9.36. The maximum Gasteiger partial charge on any atom is 0.317 e. The molecule has 2 fully saturated rings. The fraction of sp³-hybridized carbons (Fsp3) is 0.650. The normalized spacial score (nSPS) is 19.9. The monoisotopic (exact) mass is 329 g/mol. The van der Waals surface area contributed by atoms with E-state index in [4.69, 9.17) is 0 Å². The van der Waals surface area contributed by atoms with Crippen LogP contribution in [-0.4, -0.2) is 43.2 Å². The summed E-state index contributed by atoms with van der Waals surface area (Å²) in [4.78, 5) is 16.9. The van der Waals surface area contributed by atoms with E-state index in [1.807, 2.05) is 4.90 Å². The molecule has 24 heavy (non-hydrogen) atoms. The molecule has 1 saturated heterocycles. The number of urea groups is 1. The molecule has 4 heteroatoms. The van der Waals surface area contributed by atoms with Gasteiger partial charge in [0.1, 0.15) is 0 Å². The number of benzene rings is 1. The standard InChI is InChI=1S/C20H31N3O/c1-2-17-9-11-19(12-10-17)22-13-15-23(16-14-22)20(24)21-18-7-5-3-4-6-8-18/h9-12,18H,2-8,13-16H2,1H3,(H,21,24). The van der Waals surface area contributed by atoms with E-state index < -0.39 is 0 Å². The third kappa shape index (κ3) is 4.43. The Bertz CT molecular complexity index is 512. The molecule has 1 N–H and O–H groups in total. The van der Waals surface area contributed by atoms with Crippen molar-refractivity contribution in [3.8, 4) is 0 Å². The molecule has 132 valence electrons. The number of carbonyl (C=O) groups is 1. The third-order valence-electron chi connectivity index (χ3n) is 5.46. The quantitative estimate of drug-likeness (QED) is 0.856. The summed E-state index contributed by atoms with van der Waals surface area (Å²) in [5.74, 6) is 0. The van der Waals surface area contributed by atoms with Gasteiger partial charge in [-0.3, -0.25) is 0 Å². The fourth-order valence-electron chi connectivity index (χ4n) is 3.80. The van der Waals surface area contributed by atoms with Crippen LogP contribution in [0.3, 0.4) is 0 Å². The molecule has 1 heterocycles. The summed E-state index contributed by atoms with van der Waals surface area (Å²) in [6.45, 7) is 5.65. The summed E-state index contributed by atoms with van der Waals surface area (Å²) in [5, 5.41) is 3.27. The van der Waals surface area contributed by atoms with Gasteiger partial charge in [-0.2, -0.15) is 0 Å². The SMILES string of the molecule is CCc1ccc(N2CCN(C(=O)NC3CCCCCC3)CC2)cc1. The molecule has 1 aromatic rings. The van der Waals surface area contributed by atoms with Crippen LogP contribution in [0.15, 0.2) is 24.3 Å². The maximum absolute atomic E-state index is 12.5. The highest BCUT2D eigenvalue weighted by atomic mass is 16.2. The lowest BCUT2D eigenvalue weighted by Crippen LogP contribution is -2.53. The van der Waals surface area contributed by atoms with Crippen molar-refractivity contribution in [1.82, 2.24) is 10.2 Å². The number of anilines is 1. The summed E-state index contributed by atoms with van der Waals surface area (Å²) in [7, 11) is 0. The van der Waals surface area contributed by atoms with Crippen molar-refractivity contribution in [2.45, 2.75) is 57.9 Å². The molecule has 1 aliphatic carbocycles. The second-order valence-electron chi connectivity index (χ2n) is 7.13. The number of rotatable bonds is 3. The highest BCUT2D eigenvalue weighted by molar-refractivity contribution is 5.75. The topological polar surface area (TPSA) is 35.6 Å². The van der Waals surface area contributed by atoms with Crippen molar-refractivity contribution >= 4 is 11.7 Å². The molecule has 0 atom stereocenters. The highest BCUT2D eigenvalue weighted by Gasteiger charge is 2.23. The van der Waals surface area contributed by atoms with Gasteiger partial charge in [-0.1, -0.05) is 44.7 Å². The number of hydrogen-bond acceptors (Lipinski definition) is 2.